The van der Waals surface area contributed by atoms with Crippen LogP contribution in [0, 0.1) is 0 Å². The summed E-state index contributed by atoms with van der Waals surface area (Å²) in [5.41, 5.74) is 0.992. The van der Waals surface area contributed by atoms with Gasteiger partial charge in [0.15, 0.2) is 0 Å². The number of carbonyl (C=O) groups is 1. The van der Waals surface area contributed by atoms with Crippen molar-refractivity contribution in [2.75, 3.05) is 19.7 Å². The van der Waals surface area contributed by atoms with Gasteiger partial charge in [-0.25, -0.2) is 4.79 Å². The lowest BCUT2D eigenvalue weighted by atomic mass is 10.1. The SMILES string of the molecule is O=C1OC(c2ccccc2)CN1CCO. The molecule has 1 aromatic carbocycles. The zero-order valence-electron chi connectivity index (χ0n) is 8.30. The number of benzene rings is 1. The Morgan fingerprint density at radius 1 is 1.40 bits per heavy atom. The highest BCUT2D eigenvalue weighted by Gasteiger charge is 2.31. The van der Waals surface area contributed by atoms with Crippen LogP contribution in [0.4, 0.5) is 4.79 Å². The van der Waals surface area contributed by atoms with E-state index in [1.54, 1.807) is 0 Å². The molecule has 0 bridgehead atoms. The van der Waals surface area contributed by atoms with Crippen molar-refractivity contribution in [3.05, 3.63) is 35.9 Å². The Bertz CT molecular complexity index is 339. The van der Waals surface area contributed by atoms with Crippen molar-refractivity contribution in [1.29, 1.82) is 0 Å². The monoisotopic (exact) mass is 207 g/mol. The van der Waals surface area contributed by atoms with Crippen molar-refractivity contribution in [2.24, 2.45) is 0 Å². The van der Waals surface area contributed by atoms with Crippen molar-refractivity contribution < 1.29 is 14.6 Å². The summed E-state index contributed by atoms with van der Waals surface area (Å²) in [7, 11) is 0. The molecule has 0 aromatic heterocycles. The molecule has 1 fully saturated rings. The van der Waals surface area contributed by atoms with E-state index in [1.165, 1.54) is 4.90 Å². The maximum absolute atomic E-state index is 11.3. The molecule has 2 rings (SSSR count). The molecule has 1 aliphatic heterocycles. The lowest BCUT2D eigenvalue weighted by Crippen LogP contribution is -2.27. The number of aliphatic hydroxyl groups excluding tert-OH is 1. The molecule has 0 aliphatic carbocycles. The molecule has 4 nitrogen and oxygen atoms in total. The largest absolute Gasteiger partial charge is 0.439 e. The zero-order valence-corrected chi connectivity index (χ0v) is 8.30. The van der Waals surface area contributed by atoms with E-state index in [9.17, 15) is 4.79 Å². The molecule has 1 atom stereocenters. The van der Waals surface area contributed by atoms with Crippen molar-refractivity contribution in [2.45, 2.75) is 6.10 Å². The maximum atomic E-state index is 11.3. The Balaban J connectivity index is 2.06. The van der Waals surface area contributed by atoms with Crippen LogP contribution in [0.1, 0.15) is 11.7 Å². The number of β-amino-alcohol motifs (C(OH)–C–C–N with tert-alkyl or cyclic N) is 1. The van der Waals surface area contributed by atoms with Crippen LogP contribution in [0.25, 0.3) is 0 Å². The van der Waals surface area contributed by atoms with E-state index in [0.29, 0.717) is 13.1 Å². The number of amides is 1. The molecule has 1 aromatic rings. The molecule has 1 aliphatic rings. The molecule has 1 unspecified atom stereocenters. The Labute approximate surface area is 88.1 Å². The summed E-state index contributed by atoms with van der Waals surface area (Å²) in [6, 6.07) is 9.61. The molecule has 4 heteroatoms. The minimum atomic E-state index is -0.349. The van der Waals surface area contributed by atoms with E-state index in [0.717, 1.165) is 5.56 Å². The third-order valence-electron chi connectivity index (χ3n) is 2.43. The predicted molar refractivity (Wildman–Crippen MR) is 54.3 cm³/mol. The second-order valence-corrected chi connectivity index (χ2v) is 3.45. The molecule has 0 spiro atoms. The minimum Gasteiger partial charge on any atom is -0.439 e. The topological polar surface area (TPSA) is 49.8 Å². The summed E-state index contributed by atoms with van der Waals surface area (Å²) >= 11 is 0. The van der Waals surface area contributed by atoms with Gasteiger partial charge in [0.25, 0.3) is 0 Å². The third-order valence-corrected chi connectivity index (χ3v) is 2.43. The van der Waals surface area contributed by atoms with E-state index >= 15 is 0 Å². The van der Waals surface area contributed by atoms with Gasteiger partial charge < -0.3 is 14.7 Å². The fourth-order valence-corrected chi connectivity index (χ4v) is 1.65. The van der Waals surface area contributed by atoms with E-state index in [-0.39, 0.29) is 18.8 Å². The van der Waals surface area contributed by atoms with Crippen molar-refractivity contribution in [3.8, 4) is 0 Å². The Morgan fingerprint density at radius 2 is 2.13 bits per heavy atom. The van der Waals surface area contributed by atoms with Gasteiger partial charge in [0.1, 0.15) is 6.10 Å². The molecule has 0 radical (unpaired) electrons. The van der Waals surface area contributed by atoms with Crippen LogP contribution in [-0.2, 0) is 4.74 Å². The van der Waals surface area contributed by atoms with Gasteiger partial charge in [0.05, 0.1) is 13.2 Å². The molecule has 1 saturated heterocycles. The number of cyclic esters (lactones) is 1. The average molecular weight is 207 g/mol. The molecule has 1 heterocycles. The van der Waals surface area contributed by atoms with Gasteiger partial charge >= 0.3 is 6.09 Å². The summed E-state index contributed by atoms with van der Waals surface area (Å²) in [6.45, 7) is 0.822. The second kappa shape index (κ2) is 4.31. The van der Waals surface area contributed by atoms with Crippen molar-refractivity contribution in [1.82, 2.24) is 4.90 Å². The summed E-state index contributed by atoms with van der Waals surface area (Å²) in [5, 5.41) is 8.75. The molecule has 15 heavy (non-hydrogen) atoms. The maximum Gasteiger partial charge on any atom is 0.410 e. The van der Waals surface area contributed by atoms with Crippen LogP contribution in [0.3, 0.4) is 0 Å². The lowest BCUT2D eigenvalue weighted by Gasteiger charge is -2.10. The summed E-state index contributed by atoms with van der Waals surface area (Å²) in [6.07, 6.45) is -0.553. The normalized spacial score (nSPS) is 20.5. The molecular formula is C11H13NO3. The van der Waals surface area contributed by atoms with Crippen molar-refractivity contribution in [3.63, 3.8) is 0 Å². The fraction of sp³-hybridized carbons (Fsp3) is 0.364. The molecule has 1 N–H and O–H groups in total. The molecular weight excluding hydrogens is 194 g/mol. The van der Waals surface area contributed by atoms with Gasteiger partial charge in [-0.1, -0.05) is 30.3 Å². The van der Waals surface area contributed by atoms with Crippen LogP contribution < -0.4 is 0 Å². The Morgan fingerprint density at radius 3 is 2.80 bits per heavy atom. The van der Waals surface area contributed by atoms with Gasteiger partial charge in [0.2, 0.25) is 0 Å². The third kappa shape index (κ3) is 2.10. The summed E-state index contributed by atoms with van der Waals surface area (Å²) < 4.78 is 5.19. The van der Waals surface area contributed by atoms with E-state index in [2.05, 4.69) is 0 Å². The number of hydrogen-bond donors (Lipinski definition) is 1. The van der Waals surface area contributed by atoms with Crippen LogP contribution in [0.15, 0.2) is 30.3 Å². The van der Waals surface area contributed by atoms with Gasteiger partial charge in [-0.3, -0.25) is 0 Å². The quantitative estimate of drug-likeness (QED) is 0.809. The summed E-state index contributed by atoms with van der Waals surface area (Å²) in [5.74, 6) is 0. The second-order valence-electron chi connectivity index (χ2n) is 3.45. The van der Waals surface area contributed by atoms with E-state index in [1.807, 2.05) is 30.3 Å². The zero-order chi connectivity index (χ0) is 10.7. The average Bonchev–Trinajstić information content (AvgIpc) is 2.63. The Hall–Kier alpha value is -1.55. The number of hydrogen-bond acceptors (Lipinski definition) is 3. The van der Waals surface area contributed by atoms with E-state index < -0.39 is 0 Å². The Kier molecular flexibility index (Phi) is 2.87. The van der Waals surface area contributed by atoms with Crippen LogP contribution in [0.5, 0.6) is 0 Å². The number of ether oxygens (including phenoxy) is 1. The van der Waals surface area contributed by atoms with Crippen molar-refractivity contribution >= 4 is 6.09 Å². The molecule has 1 amide bonds. The smallest absolute Gasteiger partial charge is 0.410 e. The first-order valence-electron chi connectivity index (χ1n) is 4.92. The fourth-order valence-electron chi connectivity index (χ4n) is 1.65. The van der Waals surface area contributed by atoms with Gasteiger partial charge in [-0.2, -0.15) is 0 Å². The van der Waals surface area contributed by atoms with Gasteiger partial charge in [0, 0.05) is 6.54 Å². The van der Waals surface area contributed by atoms with E-state index in [4.69, 9.17) is 9.84 Å². The van der Waals surface area contributed by atoms with Crippen LogP contribution >= 0.6 is 0 Å². The highest BCUT2D eigenvalue weighted by atomic mass is 16.6. The van der Waals surface area contributed by atoms with Gasteiger partial charge in [-0.15, -0.1) is 0 Å². The number of nitrogens with zero attached hydrogens (tertiary/aromatic N) is 1. The first-order chi connectivity index (χ1) is 7.31. The first kappa shape index (κ1) is 9.98. The lowest BCUT2D eigenvalue weighted by molar-refractivity contribution is 0.130. The first-order valence-corrected chi connectivity index (χ1v) is 4.92. The standard InChI is InChI=1S/C11H13NO3/c13-7-6-12-8-10(15-11(12)14)9-4-2-1-3-5-9/h1-5,10,13H,6-8H2. The number of carbonyl (C=O) groups excluding carboxylic acids is 1. The summed E-state index contributed by atoms with van der Waals surface area (Å²) in [4.78, 5) is 12.9. The molecule has 0 saturated carbocycles. The van der Waals surface area contributed by atoms with Crippen LogP contribution in [0.2, 0.25) is 0 Å². The predicted octanol–water partition coefficient (Wildman–Crippen LogP) is 1.17. The van der Waals surface area contributed by atoms with Crippen LogP contribution in [-0.4, -0.2) is 35.8 Å². The highest BCUT2D eigenvalue weighted by molar-refractivity contribution is 5.70. The van der Waals surface area contributed by atoms with Gasteiger partial charge in [-0.05, 0) is 5.56 Å². The number of rotatable bonds is 3. The minimum absolute atomic E-state index is 0.0311. The highest BCUT2D eigenvalue weighted by Crippen LogP contribution is 2.25. The molecule has 80 valence electrons. The number of aliphatic hydroxyl groups is 1.